The van der Waals surface area contributed by atoms with Crippen LogP contribution < -0.4 is 4.74 Å². The zero-order valence-electron chi connectivity index (χ0n) is 12.0. The number of ketones is 1. The van der Waals surface area contributed by atoms with Gasteiger partial charge in [-0.15, -0.1) is 11.3 Å². The zero-order valence-corrected chi connectivity index (χ0v) is 12.8. The molecule has 2 heterocycles. The lowest BCUT2D eigenvalue weighted by Crippen LogP contribution is -1.99. The lowest BCUT2D eigenvalue weighted by atomic mass is 10.0. The van der Waals surface area contributed by atoms with Crippen LogP contribution in [-0.4, -0.2) is 12.4 Å². The van der Waals surface area contributed by atoms with E-state index in [1.54, 1.807) is 11.3 Å². The second kappa shape index (κ2) is 5.30. The minimum Gasteiger partial charge on any atom is -0.493 e. The molecule has 0 unspecified atom stereocenters. The number of rotatable bonds is 4. The Kier molecular flexibility index (Phi) is 3.30. The summed E-state index contributed by atoms with van der Waals surface area (Å²) >= 11 is 1.72. The number of carbonyl (C=O) groups is 1. The van der Waals surface area contributed by atoms with Crippen molar-refractivity contribution in [1.82, 2.24) is 0 Å². The summed E-state index contributed by atoms with van der Waals surface area (Å²) in [6.07, 6.45) is 6.01. The molecule has 3 heteroatoms. The molecule has 0 spiro atoms. The molecule has 108 valence electrons. The van der Waals surface area contributed by atoms with Gasteiger partial charge in [-0.3, -0.25) is 4.79 Å². The summed E-state index contributed by atoms with van der Waals surface area (Å²) in [5, 5.41) is 0. The summed E-state index contributed by atoms with van der Waals surface area (Å²) in [4.78, 5) is 14.7. The number of carbonyl (C=O) groups excluding carboxylic acids is 1. The number of Topliss-reactive ketones (excluding diaryl/α,β-unsaturated/α-hetero) is 1. The van der Waals surface area contributed by atoms with E-state index in [9.17, 15) is 4.79 Å². The molecular weight excluding hydrogens is 280 g/mol. The first kappa shape index (κ1) is 13.1. The highest BCUT2D eigenvalue weighted by Crippen LogP contribution is 2.31. The molecule has 2 nitrogen and oxygen atoms in total. The predicted octanol–water partition coefficient (Wildman–Crippen LogP) is 3.99. The Labute approximate surface area is 128 Å². The van der Waals surface area contributed by atoms with Gasteiger partial charge in [-0.25, -0.2) is 0 Å². The van der Waals surface area contributed by atoms with Crippen molar-refractivity contribution in [3.8, 4) is 5.75 Å². The molecule has 0 atom stereocenters. The fraction of sp³-hybridized carbons (Fsp3) is 0.389. The van der Waals surface area contributed by atoms with Gasteiger partial charge in [-0.2, -0.15) is 0 Å². The monoisotopic (exact) mass is 298 g/mol. The van der Waals surface area contributed by atoms with E-state index in [4.69, 9.17) is 4.74 Å². The molecule has 0 fully saturated rings. The third-order valence-electron chi connectivity index (χ3n) is 4.42. The van der Waals surface area contributed by atoms with E-state index in [2.05, 4.69) is 18.2 Å². The third-order valence-corrected chi connectivity index (χ3v) is 5.69. The Bertz CT molecular complexity index is 678. The summed E-state index contributed by atoms with van der Waals surface area (Å²) in [7, 11) is 0. The molecule has 2 aliphatic rings. The zero-order chi connectivity index (χ0) is 14.2. The fourth-order valence-corrected chi connectivity index (χ4v) is 4.46. The van der Waals surface area contributed by atoms with Gasteiger partial charge in [0.2, 0.25) is 0 Å². The van der Waals surface area contributed by atoms with Crippen molar-refractivity contribution in [1.29, 1.82) is 0 Å². The minimum atomic E-state index is 0.297. The maximum atomic E-state index is 12.3. The molecule has 0 saturated heterocycles. The molecule has 0 bridgehead atoms. The summed E-state index contributed by atoms with van der Waals surface area (Å²) in [5.41, 5.74) is 3.95. The van der Waals surface area contributed by atoms with Crippen LogP contribution in [0, 0.1) is 0 Å². The SMILES string of the molecule is O=C(CCc1ccc2c(c1)CCO2)c1cc2c(s1)CCC2. The normalized spacial score (nSPS) is 15.6. The highest BCUT2D eigenvalue weighted by molar-refractivity contribution is 7.14. The molecule has 0 saturated carbocycles. The lowest BCUT2D eigenvalue weighted by molar-refractivity contribution is 0.0986. The van der Waals surface area contributed by atoms with Crippen LogP contribution >= 0.6 is 11.3 Å². The van der Waals surface area contributed by atoms with Gasteiger partial charge >= 0.3 is 0 Å². The van der Waals surface area contributed by atoms with Crippen molar-refractivity contribution in [3.05, 3.63) is 50.7 Å². The summed E-state index contributed by atoms with van der Waals surface area (Å²) in [6, 6.07) is 8.46. The Morgan fingerprint density at radius 3 is 3.00 bits per heavy atom. The fourth-order valence-electron chi connectivity index (χ4n) is 3.24. The number of benzene rings is 1. The van der Waals surface area contributed by atoms with Crippen LogP contribution in [0.4, 0.5) is 0 Å². The predicted molar refractivity (Wildman–Crippen MR) is 84.6 cm³/mol. The van der Waals surface area contributed by atoms with E-state index < -0.39 is 0 Å². The summed E-state index contributed by atoms with van der Waals surface area (Å²) in [6.45, 7) is 0.790. The van der Waals surface area contributed by atoms with E-state index in [0.29, 0.717) is 12.2 Å². The third kappa shape index (κ3) is 2.51. The van der Waals surface area contributed by atoms with Crippen molar-refractivity contribution in [2.45, 2.75) is 38.5 Å². The van der Waals surface area contributed by atoms with Crippen molar-refractivity contribution >= 4 is 17.1 Å². The second-order valence-corrected chi connectivity index (χ2v) is 7.01. The van der Waals surface area contributed by atoms with Crippen molar-refractivity contribution in [2.75, 3.05) is 6.61 Å². The van der Waals surface area contributed by atoms with Crippen LogP contribution in [0.2, 0.25) is 0 Å². The molecule has 0 amide bonds. The number of aryl methyl sites for hydroxylation is 3. The number of ether oxygens (including phenoxy) is 1. The number of hydrogen-bond donors (Lipinski definition) is 0. The molecule has 0 radical (unpaired) electrons. The van der Waals surface area contributed by atoms with Crippen LogP contribution in [0.25, 0.3) is 0 Å². The van der Waals surface area contributed by atoms with Gasteiger partial charge in [0.25, 0.3) is 0 Å². The first-order chi connectivity index (χ1) is 10.3. The molecule has 1 aliphatic heterocycles. The van der Waals surface area contributed by atoms with Gasteiger partial charge in [0.1, 0.15) is 5.75 Å². The van der Waals surface area contributed by atoms with Gasteiger partial charge in [0.15, 0.2) is 5.78 Å². The standard InChI is InChI=1S/C18H18O2S/c19-15(18-11-14-2-1-3-17(14)21-18)6-4-12-5-7-16-13(10-12)8-9-20-16/h5,7,10-11H,1-4,6,8-9H2. The highest BCUT2D eigenvalue weighted by atomic mass is 32.1. The maximum Gasteiger partial charge on any atom is 0.173 e. The average molecular weight is 298 g/mol. The van der Waals surface area contributed by atoms with E-state index >= 15 is 0 Å². The Morgan fingerprint density at radius 1 is 1.14 bits per heavy atom. The van der Waals surface area contributed by atoms with Crippen LogP contribution in [0.5, 0.6) is 5.75 Å². The van der Waals surface area contributed by atoms with Crippen LogP contribution in [-0.2, 0) is 25.7 Å². The first-order valence-electron chi connectivity index (χ1n) is 7.69. The molecule has 0 N–H and O–H groups in total. The lowest BCUT2D eigenvalue weighted by Gasteiger charge is -2.03. The van der Waals surface area contributed by atoms with Gasteiger partial charge in [-0.1, -0.05) is 12.1 Å². The van der Waals surface area contributed by atoms with Crippen molar-refractivity contribution < 1.29 is 9.53 Å². The highest BCUT2D eigenvalue weighted by Gasteiger charge is 2.18. The molecular formula is C18H18O2S. The van der Waals surface area contributed by atoms with Crippen LogP contribution in [0.1, 0.15) is 44.1 Å². The number of fused-ring (bicyclic) bond motifs is 2. The average Bonchev–Trinajstić information content (AvgIpc) is 3.18. The largest absolute Gasteiger partial charge is 0.493 e. The molecule has 1 aromatic carbocycles. The van der Waals surface area contributed by atoms with E-state index in [1.165, 1.54) is 28.0 Å². The van der Waals surface area contributed by atoms with E-state index in [0.717, 1.165) is 42.9 Å². The minimum absolute atomic E-state index is 0.297. The number of hydrogen-bond acceptors (Lipinski definition) is 3. The second-order valence-electron chi connectivity index (χ2n) is 5.88. The molecule has 1 aliphatic carbocycles. The summed E-state index contributed by atoms with van der Waals surface area (Å²) in [5.74, 6) is 1.31. The van der Waals surface area contributed by atoms with Crippen LogP contribution in [0.3, 0.4) is 0 Å². The van der Waals surface area contributed by atoms with Crippen molar-refractivity contribution in [3.63, 3.8) is 0 Å². The quantitative estimate of drug-likeness (QED) is 0.798. The van der Waals surface area contributed by atoms with E-state index in [1.807, 2.05) is 6.07 Å². The van der Waals surface area contributed by atoms with E-state index in [-0.39, 0.29) is 0 Å². The smallest absolute Gasteiger partial charge is 0.173 e. The Balaban J connectivity index is 1.43. The Morgan fingerprint density at radius 2 is 2.10 bits per heavy atom. The molecule has 4 rings (SSSR count). The van der Waals surface area contributed by atoms with Gasteiger partial charge in [0.05, 0.1) is 11.5 Å². The topological polar surface area (TPSA) is 26.3 Å². The Hall–Kier alpha value is -1.61. The first-order valence-corrected chi connectivity index (χ1v) is 8.50. The van der Waals surface area contributed by atoms with Gasteiger partial charge in [0, 0.05) is 17.7 Å². The number of thiophene rings is 1. The molecule has 2 aromatic rings. The maximum absolute atomic E-state index is 12.3. The summed E-state index contributed by atoms with van der Waals surface area (Å²) < 4.78 is 5.52. The molecule has 21 heavy (non-hydrogen) atoms. The van der Waals surface area contributed by atoms with Gasteiger partial charge < -0.3 is 4.74 Å². The van der Waals surface area contributed by atoms with Crippen molar-refractivity contribution in [2.24, 2.45) is 0 Å². The van der Waals surface area contributed by atoms with Crippen LogP contribution in [0.15, 0.2) is 24.3 Å². The molecule has 1 aromatic heterocycles. The van der Waals surface area contributed by atoms with Gasteiger partial charge in [-0.05, 0) is 54.5 Å².